The van der Waals surface area contributed by atoms with Gasteiger partial charge in [0.2, 0.25) is 0 Å². The van der Waals surface area contributed by atoms with Crippen molar-refractivity contribution in [3.63, 3.8) is 0 Å². The fourth-order valence-corrected chi connectivity index (χ4v) is 1.58. The van der Waals surface area contributed by atoms with E-state index in [1.165, 1.54) is 12.8 Å². The first kappa shape index (κ1) is 8.62. The highest BCUT2D eigenvalue weighted by Crippen LogP contribution is 2.43. The summed E-state index contributed by atoms with van der Waals surface area (Å²) in [4.78, 5) is 0. The number of terminal acetylenes is 1. The van der Waals surface area contributed by atoms with Gasteiger partial charge in [-0.15, -0.1) is 12.3 Å². The van der Waals surface area contributed by atoms with Gasteiger partial charge in [-0.05, 0) is 31.6 Å². The van der Waals surface area contributed by atoms with Crippen LogP contribution >= 0.6 is 0 Å². The molecule has 0 aromatic carbocycles. The molecule has 1 heteroatoms. The lowest BCUT2D eigenvalue weighted by molar-refractivity contribution is 0.00661. The molecule has 1 saturated carbocycles. The second-order valence-corrected chi connectivity index (χ2v) is 3.44. The van der Waals surface area contributed by atoms with Crippen LogP contribution in [-0.2, 0) is 0 Å². The molecule has 0 aliphatic heterocycles. The van der Waals surface area contributed by atoms with E-state index in [1.54, 1.807) is 0 Å². The number of hydrogen-bond donors (Lipinski definition) is 1. The quantitative estimate of drug-likeness (QED) is 0.610. The van der Waals surface area contributed by atoms with Gasteiger partial charge in [0.05, 0.1) is 5.60 Å². The fraction of sp³-hybridized carbons (Fsp3) is 0.800. The minimum absolute atomic E-state index is 0.438. The van der Waals surface area contributed by atoms with Crippen LogP contribution in [0.15, 0.2) is 0 Å². The molecule has 0 radical (unpaired) electrons. The Hall–Kier alpha value is -0.480. The van der Waals surface area contributed by atoms with Crippen molar-refractivity contribution in [1.82, 2.24) is 0 Å². The molecule has 0 aromatic rings. The summed E-state index contributed by atoms with van der Waals surface area (Å²) in [6, 6.07) is 0. The maximum Gasteiger partial charge on any atom is 0.0682 e. The first-order chi connectivity index (χ1) is 5.23. The van der Waals surface area contributed by atoms with Crippen molar-refractivity contribution in [3.05, 3.63) is 0 Å². The zero-order valence-corrected chi connectivity index (χ0v) is 7.14. The summed E-state index contributed by atoms with van der Waals surface area (Å²) in [7, 11) is 0. The van der Waals surface area contributed by atoms with Crippen LogP contribution in [0.3, 0.4) is 0 Å². The Balaban J connectivity index is 2.39. The molecular weight excluding hydrogens is 136 g/mol. The Kier molecular flexibility index (Phi) is 2.57. The Morgan fingerprint density at radius 1 is 1.64 bits per heavy atom. The molecule has 0 amide bonds. The van der Waals surface area contributed by atoms with Gasteiger partial charge in [-0.2, -0.15) is 0 Å². The molecule has 62 valence electrons. The van der Waals surface area contributed by atoms with Crippen LogP contribution in [0.25, 0.3) is 0 Å². The highest BCUT2D eigenvalue weighted by atomic mass is 16.3. The third-order valence-corrected chi connectivity index (χ3v) is 2.65. The Labute approximate surface area is 68.8 Å². The van der Waals surface area contributed by atoms with E-state index in [0.29, 0.717) is 12.3 Å². The van der Waals surface area contributed by atoms with Gasteiger partial charge in [0.1, 0.15) is 0 Å². The Morgan fingerprint density at radius 3 is 2.64 bits per heavy atom. The minimum Gasteiger partial charge on any atom is -0.390 e. The van der Waals surface area contributed by atoms with Crippen LogP contribution in [0.4, 0.5) is 0 Å². The SMILES string of the molecule is C#CCCC(O)(CC)C1CC1. The van der Waals surface area contributed by atoms with Crippen molar-refractivity contribution < 1.29 is 5.11 Å². The van der Waals surface area contributed by atoms with Gasteiger partial charge < -0.3 is 5.11 Å². The normalized spacial score (nSPS) is 22.3. The van der Waals surface area contributed by atoms with Crippen molar-refractivity contribution >= 4 is 0 Å². The van der Waals surface area contributed by atoms with Crippen LogP contribution in [0.5, 0.6) is 0 Å². The molecule has 1 nitrogen and oxygen atoms in total. The van der Waals surface area contributed by atoms with Gasteiger partial charge in [0.25, 0.3) is 0 Å². The molecule has 1 aliphatic rings. The Morgan fingerprint density at radius 2 is 2.27 bits per heavy atom. The molecule has 0 spiro atoms. The zero-order chi connectivity index (χ0) is 8.32. The topological polar surface area (TPSA) is 20.2 Å². The van der Waals surface area contributed by atoms with E-state index in [4.69, 9.17) is 6.42 Å². The van der Waals surface area contributed by atoms with Gasteiger partial charge in [0, 0.05) is 6.42 Å². The van der Waals surface area contributed by atoms with E-state index < -0.39 is 5.60 Å². The maximum absolute atomic E-state index is 10.00. The van der Waals surface area contributed by atoms with E-state index in [-0.39, 0.29) is 0 Å². The smallest absolute Gasteiger partial charge is 0.0682 e. The lowest BCUT2D eigenvalue weighted by Gasteiger charge is -2.25. The Bertz CT molecular complexity index is 164. The van der Waals surface area contributed by atoms with Gasteiger partial charge in [-0.1, -0.05) is 6.92 Å². The molecule has 0 heterocycles. The molecule has 1 unspecified atom stereocenters. The first-order valence-corrected chi connectivity index (χ1v) is 4.39. The van der Waals surface area contributed by atoms with Gasteiger partial charge in [0.15, 0.2) is 0 Å². The summed E-state index contributed by atoms with van der Waals surface area (Å²) >= 11 is 0. The van der Waals surface area contributed by atoms with Gasteiger partial charge >= 0.3 is 0 Å². The molecular formula is C10H16O. The molecule has 0 bridgehead atoms. The number of hydrogen-bond acceptors (Lipinski definition) is 1. The zero-order valence-electron chi connectivity index (χ0n) is 7.14. The van der Waals surface area contributed by atoms with Crippen molar-refractivity contribution in [1.29, 1.82) is 0 Å². The average Bonchev–Trinajstić information content (AvgIpc) is 2.82. The van der Waals surface area contributed by atoms with Crippen LogP contribution in [0.2, 0.25) is 0 Å². The lowest BCUT2D eigenvalue weighted by atomic mass is 9.89. The predicted octanol–water partition coefficient (Wildman–Crippen LogP) is 1.95. The van der Waals surface area contributed by atoms with E-state index in [0.717, 1.165) is 12.8 Å². The van der Waals surface area contributed by atoms with Crippen LogP contribution in [0, 0.1) is 18.3 Å². The highest BCUT2D eigenvalue weighted by Gasteiger charge is 2.41. The molecule has 1 N–H and O–H groups in total. The molecule has 1 aliphatic carbocycles. The second kappa shape index (κ2) is 3.28. The molecule has 1 atom stereocenters. The maximum atomic E-state index is 10.00. The number of rotatable bonds is 4. The molecule has 0 aromatic heterocycles. The fourth-order valence-electron chi connectivity index (χ4n) is 1.58. The van der Waals surface area contributed by atoms with Crippen molar-refractivity contribution in [2.24, 2.45) is 5.92 Å². The molecule has 1 rings (SSSR count). The average molecular weight is 152 g/mol. The van der Waals surface area contributed by atoms with Gasteiger partial charge in [-0.25, -0.2) is 0 Å². The first-order valence-electron chi connectivity index (χ1n) is 4.39. The third kappa shape index (κ3) is 1.97. The minimum atomic E-state index is -0.438. The van der Waals surface area contributed by atoms with Crippen LogP contribution in [0.1, 0.15) is 39.0 Å². The standard InChI is InChI=1S/C10H16O/c1-3-5-8-10(11,4-2)9-6-7-9/h1,9,11H,4-8H2,2H3. The highest BCUT2D eigenvalue weighted by molar-refractivity contribution is 4.97. The monoisotopic (exact) mass is 152 g/mol. The summed E-state index contributed by atoms with van der Waals surface area (Å²) in [5.74, 6) is 3.12. The summed E-state index contributed by atoms with van der Waals surface area (Å²) in [5.41, 5.74) is -0.438. The largest absolute Gasteiger partial charge is 0.390 e. The molecule has 0 saturated heterocycles. The van der Waals surface area contributed by atoms with Crippen LogP contribution in [-0.4, -0.2) is 10.7 Å². The van der Waals surface area contributed by atoms with Crippen LogP contribution < -0.4 is 0 Å². The van der Waals surface area contributed by atoms with Gasteiger partial charge in [-0.3, -0.25) is 0 Å². The van der Waals surface area contributed by atoms with E-state index in [9.17, 15) is 5.11 Å². The van der Waals surface area contributed by atoms with E-state index in [1.807, 2.05) is 6.92 Å². The third-order valence-electron chi connectivity index (χ3n) is 2.65. The summed E-state index contributed by atoms with van der Waals surface area (Å²) < 4.78 is 0. The van der Waals surface area contributed by atoms with Crippen molar-refractivity contribution in [2.45, 2.75) is 44.6 Å². The molecule has 11 heavy (non-hydrogen) atoms. The predicted molar refractivity (Wildman–Crippen MR) is 46.0 cm³/mol. The van der Waals surface area contributed by atoms with Crippen molar-refractivity contribution in [3.8, 4) is 12.3 Å². The second-order valence-electron chi connectivity index (χ2n) is 3.44. The number of aliphatic hydroxyl groups is 1. The summed E-state index contributed by atoms with van der Waals surface area (Å²) in [6.45, 7) is 2.04. The summed E-state index contributed by atoms with van der Waals surface area (Å²) in [5, 5.41) is 10.00. The lowest BCUT2D eigenvalue weighted by Crippen LogP contribution is -2.29. The molecule has 1 fully saturated rings. The van der Waals surface area contributed by atoms with E-state index >= 15 is 0 Å². The van der Waals surface area contributed by atoms with Crippen molar-refractivity contribution in [2.75, 3.05) is 0 Å². The van der Waals surface area contributed by atoms with E-state index in [2.05, 4.69) is 5.92 Å². The summed E-state index contributed by atoms with van der Waals surface area (Å²) in [6.07, 6.45) is 9.87.